The SMILES string of the molecule is Cn1cc(S(=O)(=O)N2CCC(CCO)C2)c(N)n1. The number of aryl methyl sites for hydroxylation is 1. The van der Waals surface area contributed by atoms with Gasteiger partial charge in [0.25, 0.3) is 0 Å². The van der Waals surface area contributed by atoms with Crippen molar-refractivity contribution in [1.29, 1.82) is 0 Å². The zero-order chi connectivity index (χ0) is 13.3. The summed E-state index contributed by atoms with van der Waals surface area (Å²) in [6.07, 6.45) is 2.83. The first-order valence-electron chi connectivity index (χ1n) is 5.85. The van der Waals surface area contributed by atoms with Crippen LogP contribution in [0.5, 0.6) is 0 Å². The van der Waals surface area contributed by atoms with Gasteiger partial charge < -0.3 is 10.8 Å². The van der Waals surface area contributed by atoms with Crippen molar-refractivity contribution in [2.45, 2.75) is 17.7 Å². The van der Waals surface area contributed by atoms with Crippen molar-refractivity contribution >= 4 is 15.8 Å². The van der Waals surface area contributed by atoms with E-state index < -0.39 is 10.0 Å². The van der Waals surface area contributed by atoms with Crippen LogP contribution in [0.15, 0.2) is 11.1 Å². The van der Waals surface area contributed by atoms with E-state index in [1.54, 1.807) is 7.05 Å². The van der Waals surface area contributed by atoms with E-state index in [1.807, 2.05) is 0 Å². The van der Waals surface area contributed by atoms with Gasteiger partial charge in [-0.1, -0.05) is 0 Å². The fourth-order valence-electron chi connectivity index (χ4n) is 2.26. The molecule has 7 nitrogen and oxygen atoms in total. The van der Waals surface area contributed by atoms with E-state index in [9.17, 15) is 8.42 Å². The number of aliphatic hydroxyl groups is 1. The summed E-state index contributed by atoms with van der Waals surface area (Å²) in [6, 6.07) is 0. The zero-order valence-electron chi connectivity index (χ0n) is 10.3. The topological polar surface area (TPSA) is 101 Å². The third kappa shape index (κ3) is 2.36. The summed E-state index contributed by atoms with van der Waals surface area (Å²) in [5.41, 5.74) is 5.61. The molecular formula is C10H18N4O3S. The molecule has 0 aromatic carbocycles. The molecule has 0 radical (unpaired) electrons. The highest BCUT2D eigenvalue weighted by Crippen LogP contribution is 2.27. The average Bonchev–Trinajstić information content (AvgIpc) is 2.86. The van der Waals surface area contributed by atoms with Crippen molar-refractivity contribution in [2.75, 3.05) is 25.4 Å². The molecule has 1 unspecified atom stereocenters. The minimum atomic E-state index is -3.56. The standard InChI is InChI=1S/C10H18N4O3S/c1-13-7-9(10(11)12-13)18(16,17)14-4-2-8(6-14)3-5-15/h7-8,15H,2-6H2,1H3,(H2,11,12). The van der Waals surface area contributed by atoms with Gasteiger partial charge in [0.1, 0.15) is 4.90 Å². The van der Waals surface area contributed by atoms with Gasteiger partial charge in [-0.3, -0.25) is 4.68 Å². The number of nitrogens with two attached hydrogens (primary N) is 1. The molecular weight excluding hydrogens is 256 g/mol. The molecule has 0 bridgehead atoms. The van der Waals surface area contributed by atoms with E-state index >= 15 is 0 Å². The van der Waals surface area contributed by atoms with Crippen molar-refractivity contribution in [3.8, 4) is 0 Å². The van der Waals surface area contributed by atoms with Crippen LogP contribution in [-0.4, -0.2) is 47.3 Å². The third-order valence-corrected chi connectivity index (χ3v) is 5.11. The molecule has 102 valence electrons. The predicted octanol–water partition coefficient (Wildman–Crippen LogP) is -0.605. The number of sulfonamides is 1. The van der Waals surface area contributed by atoms with Gasteiger partial charge in [-0.15, -0.1) is 0 Å². The van der Waals surface area contributed by atoms with E-state index in [2.05, 4.69) is 5.10 Å². The van der Waals surface area contributed by atoms with Crippen LogP contribution in [0.3, 0.4) is 0 Å². The minimum Gasteiger partial charge on any atom is -0.396 e. The molecule has 0 saturated carbocycles. The van der Waals surface area contributed by atoms with Crippen molar-refractivity contribution in [3.05, 3.63) is 6.20 Å². The molecule has 0 spiro atoms. The van der Waals surface area contributed by atoms with E-state index in [0.29, 0.717) is 19.5 Å². The fraction of sp³-hybridized carbons (Fsp3) is 0.700. The minimum absolute atomic E-state index is 0.0307. The molecule has 1 saturated heterocycles. The van der Waals surface area contributed by atoms with Gasteiger partial charge in [-0.2, -0.15) is 9.40 Å². The van der Waals surface area contributed by atoms with Crippen molar-refractivity contribution in [3.63, 3.8) is 0 Å². The monoisotopic (exact) mass is 274 g/mol. The van der Waals surface area contributed by atoms with Crippen molar-refractivity contribution in [1.82, 2.24) is 14.1 Å². The molecule has 2 rings (SSSR count). The Bertz CT molecular complexity index is 525. The number of aromatic nitrogens is 2. The molecule has 3 N–H and O–H groups in total. The second kappa shape index (κ2) is 4.87. The number of hydrogen-bond acceptors (Lipinski definition) is 5. The Morgan fingerprint density at radius 2 is 2.33 bits per heavy atom. The summed E-state index contributed by atoms with van der Waals surface area (Å²) in [4.78, 5) is 0.0645. The summed E-state index contributed by atoms with van der Waals surface area (Å²) in [5, 5.41) is 12.7. The molecule has 18 heavy (non-hydrogen) atoms. The number of anilines is 1. The van der Waals surface area contributed by atoms with E-state index in [-0.39, 0.29) is 23.2 Å². The van der Waals surface area contributed by atoms with Crippen LogP contribution < -0.4 is 5.73 Å². The first-order chi connectivity index (χ1) is 8.45. The van der Waals surface area contributed by atoms with Gasteiger partial charge in [0, 0.05) is 32.9 Å². The highest BCUT2D eigenvalue weighted by molar-refractivity contribution is 7.89. The summed E-state index contributed by atoms with van der Waals surface area (Å²) in [6.45, 7) is 1.01. The molecule has 1 aromatic heterocycles. The van der Waals surface area contributed by atoms with Crippen LogP contribution in [0.1, 0.15) is 12.8 Å². The summed E-state index contributed by atoms with van der Waals surface area (Å²) in [5.74, 6) is 0.255. The van der Waals surface area contributed by atoms with Crippen molar-refractivity contribution in [2.24, 2.45) is 13.0 Å². The number of nitrogen functional groups attached to an aromatic ring is 1. The van der Waals surface area contributed by atoms with Crippen LogP contribution in [0, 0.1) is 5.92 Å². The highest BCUT2D eigenvalue weighted by atomic mass is 32.2. The fourth-order valence-corrected chi connectivity index (χ4v) is 3.88. The lowest BCUT2D eigenvalue weighted by Gasteiger charge is -2.15. The molecule has 0 amide bonds. The second-order valence-corrected chi connectivity index (χ2v) is 6.49. The lowest BCUT2D eigenvalue weighted by Crippen LogP contribution is -2.29. The highest BCUT2D eigenvalue weighted by Gasteiger charge is 2.34. The molecule has 0 aliphatic carbocycles. The smallest absolute Gasteiger partial charge is 0.248 e. The normalized spacial score (nSPS) is 21.6. The summed E-state index contributed by atoms with van der Waals surface area (Å²) >= 11 is 0. The van der Waals surface area contributed by atoms with Crippen LogP contribution in [-0.2, 0) is 17.1 Å². The van der Waals surface area contributed by atoms with Gasteiger partial charge in [-0.25, -0.2) is 8.42 Å². The maximum atomic E-state index is 12.3. The zero-order valence-corrected chi connectivity index (χ0v) is 11.1. The van der Waals surface area contributed by atoms with Crippen LogP contribution >= 0.6 is 0 Å². The first-order valence-corrected chi connectivity index (χ1v) is 7.29. The Kier molecular flexibility index (Phi) is 3.60. The van der Waals surface area contributed by atoms with E-state index in [1.165, 1.54) is 15.2 Å². The predicted molar refractivity (Wildman–Crippen MR) is 66.2 cm³/mol. The lowest BCUT2D eigenvalue weighted by atomic mass is 10.1. The molecule has 1 aliphatic heterocycles. The number of nitrogens with zero attached hydrogens (tertiary/aromatic N) is 3. The molecule has 2 heterocycles. The second-order valence-electron chi connectivity index (χ2n) is 4.58. The van der Waals surface area contributed by atoms with Gasteiger partial charge in [0.2, 0.25) is 10.0 Å². The Morgan fingerprint density at radius 3 is 2.89 bits per heavy atom. The number of rotatable bonds is 4. The number of aliphatic hydroxyl groups excluding tert-OH is 1. The van der Waals surface area contributed by atoms with Crippen LogP contribution in [0.25, 0.3) is 0 Å². The summed E-state index contributed by atoms with van der Waals surface area (Å²) in [7, 11) is -1.92. The Labute approximate surface area is 106 Å². The maximum Gasteiger partial charge on any atom is 0.248 e. The van der Waals surface area contributed by atoms with E-state index in [4.69, 9.17) is 10.8 Å². The molecule has 1 fully saturated rings. The van der Waals surface area contributed by atoms with Gasteiger partial charge in [0.05, 0.1) is 0 Å². The van der Waals surface area contributed by atoms with E-state index in [0.717, 1.165) is 6.42 Å². The summed E-state index contributed by atoms with van der Waals surface area (Å²) < 4.78 is 27.5. The molecule has 8 heteroatoms. The maximum absolute atomic E-state index is 12.3. The molecule has 1 aliphatic rings. The largest absolute Gasteiger partial charge is 0.396 e. The van der Waals surface area contributed by atoms with Gasteiger partial charge in [0.15, 0.2) is 5.82 Å². The van der Waals surface area contributed by atoms with Gasteiger partial charge in [-0.05, 0) is 18.8 Å². The Morgan fingerprint density at radius 1 is 1.61 bits per heavy atom. The van der Waals surface area contributed by atoms with Crippen molar-refractivity contribution < 1.29 is 13.5 Å². The molecule has 1 atom stereocenters. The Hall–Kier alpha value is -1.12. The number of hydrogen-bond donors (Lipinski definition) is 2. The lowest BCUT2D eigenvalue weighted by molar-refractivity contribution is 0.259. The quantitative estimate of drug-likeness (QED) is 0.763. The average molecular weight is 274 g/mol. The Balaban J connectivity index is 2.20. The third-order valence-electron chi connectivity index (χ3n) is 3.23. The molecule has 1 aromatic rings. The van der Waals surface area contributed by atoms with Gasteiger partial charge >= 0.3 is 0 Å². The van der Waals surface area contributed by atoms with Crippen LogP contribution in [0.4, 0.5) is 5.82 Å². The first kappa shape index (κ1) is 13.3. The van der Waals surface area contributed by atoms with Crippen LogP contribution in [0.2, 0.25) is 0 Å².